The van der Waals surface area contributed by atoms with Crippen LogP contribution in [0.2, 0.25) is 0 Å². The summed E-state index contributed by atoms with van der Waals surface area (Å²) in [6.07, 6.45) is 0. The van der Waals surface area contributed by atoms with Crippen molar-refractivity contribution in [3.63, 3.8) is 0 Å². The van der Waals surface area contributed by atoms with Crippen LogP contribution in [-0.4, -0.2) is 45.3 Å². The third-order valence-corrected chi connectivity index (χ3v) is 4.47. The van der Waals surface area contributed by atoms with Crippen molar-refractivity contribution in [3.8, 4) is 0 Å². The van der Waals surface area contributed by atoms with Gasteiger partial charge in [-0.3, -0.25) is 4.79 Å². The largest absolute Gasteiger partial charge is 0.386 e. The lowest BCUT2D eigenvalue weighted by atomic mass is 10.1. The molecule has 0 radical (unpaired) electrons. The normalized spacial score (nSPS) is 14.5. The standard InChI is InChI=1S/C15H24N2O5S/c1-11(2)14(18)17-12-5-7-13(8-6-12)23(20,21)16-9-15(3,19)10-22-4/h5-8,11,16,19H,9-10H2,1-4H3,(H,17,18). The average molecular weight is 344 g/mol. The molecule has 0 aromatic heterocycles. The first-order valence-electron chi connectivity index (χ1n) is 7.19. The molecule has 130 valence electrons. The number of carbonyl (C=O) groups is 1. The summed E-state index contributed by atoms with van der Waals surface area (Å²) >= 11 is 0. The van der Waals surface area contributed by atoms with Crippen molar-refractivity contribution >= 4 is 21.6 Å². The summed E-state index contributed by atoms with van der Waals surface area (Å²) in [7, 11) is -2.33. The zero-order valence-electron chi connectivity index (χ0n) is 13.8. The third-order valence-electron chi connectivity index (χ3n) is 3.05. The molecular weight excluding hydrogens is 320 g/mol. The molecule has 1 aromatic rings. The highest BCUT2D eigenvalue weighted by molar-refractivity contribution is 7.89. The van der Waals surface area contributed by atoms with Gasteiger partial charge in [-0.1, -0.05) is 13.8 Å². The first-order valence-corrected chi connectivity index (χ1v) is 8.67. The second-order valence-corrected chi connectivity index (χ2v) is 7.69. The molecule has 0 saturated carbocycles. The molecule has 1 unspecified atom stereocenters. The van der Waals surface area contributed by atoms with E-state index in [4.69, 9.17) is 4.74 Å². The number of nitrogens with one attached hydrogen (secondary N) is 2. The van der Waals surface area contributed by atoms with E-state index in [1.54, 1.807) is 13.8 Å². The Morgan fingerprint density at radius 3 is 2.35 bits per heavy atom. The highest BCUT2D eigenvalue weighted by Crippen LogP contribution is 2.15. The molecule has 1 atom stereocenters. The Balaban J connectivity index is 2.76. The van der Waals surface area contributed by atoms with E-state index in [1.165, 1.54) is 38.3 Å². The summed E-state index contributed by atoms with van der Waals surface area (Å²) in [6.45, 7) is 4.85. The Bertz CT molecular complexity index is 624. The van der Waals surface area contributed by atoms with Crippen molar-refractivity contribution < 1.29 is 23.1 Å². The van der Waals surface area contributed by atoms with E-state index in [0.29, 0.717) is 5.69 Å². The highest BCUT2D eigenvalue weighted by atomic mass is 32.2. The van der Waals surface area contributed by atoms with Gasteiger partial charge in [-0.15, -0.1) is 0 Å². The Kier molecular flexibility index (Phi) is 6.69. The van der Waals surface area contributed by atoms with Gasteiger partial charge in [-0.25, -0.2) is 13.1 Å². The van der Waals surface area contributed by atoms with E-state index in [-0.39, 0.29) is 29.9 Å². The van der Waals surface area contributed by atoms with E-state index in [0.717, 1.165) is 0 Å². The molecule has 0 bridgehead atoms. The van der Waals surface area contributed by atoms with Crippen molar-refractivity contribution in [2.75, 3.05) is 25.6 Å². The Morgan fingerprint density at radius 1 is 1.30 bits per heavy atom. The lowest BCUT2D eigenvalue weighted by Gasteiger charge is -2.22. The van der Waals surface area contributed by atoms with Crippen molar-refractivity contribution in [2.45, 2.75) is 31.3 Å². The Hall–Kier alpha value is -1.48. The quantitative estimate of drug-likeness (QED) is 0.651. The van der Waals surface area contributed by atoms with Gasteiger partial charge < -0.3 is 15.2 Å². The van der Waals surface area contributed by atoms with Gasteiger partial charge in [0.2, 0.25) is 15.9 Å². The minimum absolute atomic E-state index is 0.00961. The molecule has 0 saturated heterocycles. The van der Waals surface area contributed by atoms with Crippen LogP contribution in [-0.2, 0) is 19.6 Å². The lowest BCUT2D eigenvalue weighted by molar-refractivity contribution is -0.118. The van der Waals surface area contributed by atoms with Gasteiger partial charge in [-0.05, 0) is 31.2 Å². The zero-order chi connectivity index (χ0) is 17.7. The number of sulfonamides is 1. The molecular formula is C15H24N2O5S. The average Bonchev–Trinajstić information content (AvgIpc) is 2.46. The summed E-state index contributed by atoms with van der Waals surface area (Å²) < 4.78 is 31.5. The second-order valence-electron chi connectivity index (χ2n) is 5.92. The number of carbonyl (C=O) groups excluding carboxylic acids is 1. The lowest BCUT2D eigenvalue weighted by Crippen LogP contribution is -2.43. The fourth-order valence-corrected chi connectivity index (χ4v) is 2.86. The van der Waals surface area contributed by atoms with Crippen LogP contribution in [0.5, 0.6) is 0 Å². The van der Waals surface area contributed by atoms with Gasteiger partial charge in [0, 0.05) is 25.3 Å². The summed E-state index contributed by atoms with van der Waals surface area (Å²) in [4.78, 5) is 11.6. The maximum Gasteiger partial charge on any atom is 0.240 e. The number of ether oxygens (including phenoxy) is 1. The molecule has 1 rings (SSSR count). The number of anilines is 1. The Labute approximate surface area is 137 Å². The van der Waals surface area contributed by atoms with E-state index in [1.807, 2.05) is 0 Å². The van der Waals surface area contributed by atoms with Crippen LogP contribution in [0.4, 0.5) is 5.69 Å². The number of rotatable bonds is 8. The van der Waals surface area contributed by atoms with Crippen LogP contribution in [0.1, 0.15) is 20.8 Å². The third kappa shape index (κ3) is 6.26. The fraction of sp³-hybridized carbons (Fsp3) is 0.533. The van der Waals surface area contributed by atoms with Crippen LogP contribution in [0.3, 0.4) is 0 Å². The SMILES string of the molecule is COCC(C)(O)CNS(=O)(=O)c1ccc(NC(=O)C(C)C)cc1. The minimum Gasteiger partial charge on any atom is -0.386 e. The van der Waals surface area contributed by atoms with Crippen LogP contribution in [0.15, 0.2) is 29.2 Å². The van der Waals surface area contributed by atoms with Crippen molar-refractivity contribution in [2.24, 2.45) is 5.92 Å². The molecule has 0 fully saturated rings. The van der Waals surface area contributed by atoms with E-state index in [9.17, 15) is 18.3 Å². The van der Waals surface area contributed by atoms with Crippen LogP contribution in [0.25, 0.3) is 0 Å². The van der Waals surface area contributed by atoms with Crippen molar-refractivity contribution in [1.29, 1.82) is 0 Å². The molecule has 0 aliphatic heterocycles. The number of amides is 1. The smallest absolute Gasteiger partial charge is 0.240 e. The van der Waals surface area contributed by atoms with Crippen LogP contribution in [0, 0.1) is 5.92 Å². The molecule has 0 spiro atoms. The number of hydrogen-bond donors (Lipinski definition) is 3. The summed E-state index contributed by atoms with van der Waals surface area (Å²) in [6, 6.07) is 5.82. The van der Waals surface area contributed by atoms with Gasteiger partial charge >= 0.3 is 0 Å². The maximum atomic E-state index is 12.2. The predicted octanol–water partition coefficient (Wildman–Crippen LogP) is 0.957. The Morgan fingerprint density at radius 2 is 1.87 bits per heavy atom. The molecule has 0 heterocycles. The van der Waals surface area contributed by atoms with Gasteiger partial charge in [0.25, 0.3) is 0 Å². The number of hydrogen-bond acceptors (Lipinski definition) is 5. The van der Waals surface area contributed by atoms with Gasteiger partial charge in [0.1, 0.15) is 0 Å². The summed E-state index contributed by atoms with van der Waals surface area (Å²) in [5.41, 5.74) is -0.776. The first kappa shape index (κ1) is 19.6. The van der Waals surface area contributed by atoms with E-state index >= 15 is 0 Å². The zero-order valence-corrected chi connectivity index (χ0v) is 14.6. The van der Waals surface area contributed by atoms with E-state index < -0.39 is 15.6 Å². The number of methoxy groups -OCH3 is 1. The highest BCUT2D eigenvalue weighted by Gasteiger charge is 2.24. The molecule has 0 aliphatic rings. The summed E-state index contributed by atoms with van der Waals surface area (Å²) in [5, 5.41) is 12.6. The van der Waals surface area contributed by atoms with Gasteiger partial charge in [-0.2, -0.15) is 0 Å². The summed E-state index contributed by atoms with van der Waals surface area (Å²) in [5.74, 6) is -0.308. The topological polar surface area (TPSA) is 105 Å². The minimum atomic E-state index is -3.75. The molecule has 1 aromatic carbocycles. The number of aliphatic hydroxyl groups is 1. The first-order chi connectivity index (χ1) is 10.6. The monoisotopic (exact) mass is 344 g/mol. The molecule has 3 N–H and O–H groups in total. The fourth-order valence-electron chi connectivity index (χ4n) is 1.70. The second kappa shape index (κ2) is 7.87. The van der Waals surface area contributed by atoms with Gasteiger partial charge in [0.05, 0.1) is 17.1 Å². The van der Waals surface area contributed by atoms with Crippen molar-refractivity contribution in [1.82, 2.24) is 4.72 Å². The number of benzene rings is 1. The molecule has 8 heteroatoms. The molecule has 1 amide bonds. The molecule has 7 nitrogen and oxygen atoms in total. The maximum absolute atomic E-state index is 12.2. The van der Waals surface area contributed by atoms with Crippen LogP contribution >= 0.6 is 0 Å². The predicted molar refractivity (Wildman–Crippen MR) is 87.6 cm³/mol. The van der Waals surface area contributed by atoms with Crippen LogP contribution < -0.4 is 10.0 Å². The van der Waals surface area contributed by atoms with E-state index in [2.05, 4.69) is 10.0 Å². The van der Waals surface area contributed by atoms with Crippen molar-refractivity contribution in [3.05, 3.63) is 24.3 Å². The van der Waals surface area contributed by atoms with Gasteiger partial charge in [0.15, 0.2) is 0 Å². The molecule has 23 heavy (non-hydrogen) atoms. The molecule has 0 aliphatic carbocycles.